The van der Waals surface area contributed by atoms with Crippen LogP contribution in [0.1, 0.15) is 20.8 Å². The van der Waals surface area contributed by atoms with Gasteiger partial charge < -0.3 is 105 Å². The van der Waals surface area contributed by atoms with Crippen LogP contribution in [0.3, 0.4) is 0 Å². The molecule has 312 valence electrons. The summed E-state index contributed by atoms with van der Waals surface area (Å²) in [5.74, 6) is -2.11. The van der Waals surface area contributed by atoms with Gasteiger partial charge in [0, 0.05) is 20.8 Å². The molecule has 0 spiro atoms. The number of ether oxygens (including phenoxy) is 7. The van der Waals surface area contributed by atoms with Gasteiger partial charge in [0.15, 0.2) is 25.2 Å². The van der Waals surface area contributed by atoms with E-state index in [-0.39, 0.29) is 0 Å². The van der Waals surface area contributed by atoms with Gasteiger partial charge in [-0.3, -0.25) is 14.4 Å². The Hall–Kier alpha value is -2.31. The van der Waals surface area contributed by atoms with Crippen LogP contribution in [0.4, 0.5) is 0 Å². The number of aliphatic hydroxyl groups is 11. The quantitative estimate of drug-likeness (QED) is 0.0823. The first-order chi connectivity index (χ1) is 25.5. The van der Waals surface area contributed by atoms with Gasteiger partial charge in [-0.15, -0.1) is 0 Å². The van der Waals surface area contributed by atoms with Gasteiger partial charge >= 0.3 is 0 Å². The van der Waals surface area contributed by atoms with Gasteiger partial charge in [0.2, 0.25) is 17.7 Å². The lowest BCUT2D eigenvalue weighted by atomic mass is 9.93. The first-order valence-electron chi connectivity index (χ1n) is 17.1. The number of amides is 3. The fourth-order valence-electron chi connectivity index (χ4n) is 6.76. The van der Waals surface area contributed by atoms with Crippen molar-refractivity contribution >= 4 is 17.7 Å². The van der Waals surface area contributed by atoms with E-state index in [1.807, 2.05) is 0 Å². The molecule has 0 radical (unpaired) electrons. The minimum absolute atomic E-state index is 0.663. The molecule has 14 N–H and O–H groups in total. The maximum Gasteiger partial charge on any atom is 0.217 e. The molecule has 4 fully saturated rings. The van der Waals surface area contributed by atoms with Crippen LogP contribution in [0, 0.1) is 0 Å². The van der Waals surface area contributed by atoms with E-state index >= 15 is 0 Å². The number of aliphatic hydroxyl groups excluding tert-OH is 11. The molecule has 4 saturated heterocycles. The van der Waals surface area contributed by atoms with Crippen LogP contribution in [0.5, 0.6) is 0 Å². The molecular formula is C30H51N3O21. The molecule has 54 heavy (non-hydrogen) atoms. The third-order valence-corrected chi connectivity index (χ3v) is 9.41. The molecule has 0 aromatic heterocycles. The van der Waals surface area contributed by atoms with E-state index in [2.05, 4.69) is 16.0 Å². The lowest BCUT2D eigenvalue weighted by molar-refractivity contribution is -0.374. The number of carbonyl (C=O) groups excluding carboxylic acids is 3. The van der Waals surface area contributed by atoms with Crippen LogP contribution in [-0.2, 0) is 47.5 Å². The molecule has 24 heteroatoms. The van der Waals surface area contributed by atoms with Crippen molar-refractivity contribution in [3.05, 3.63) is 0 Å². The van der Waals surface area contributed by atoms with Gasteiger partial charge in [-0.25, -0.2) is 0 Å². The van der Waals surface area contributed by atoms with Crippen molar-refractivity contribution in [1.82, 2.24) is 16.0 Å². The Bertz CT molecular complexity index is 1250. The number of hydrogen-bond donors (Lipinski definition) is 14. The molecule has 4 aliphatic rings. The fraction of sp³-hybridized carbons (Fsp3) is 0.900. The average molecular weight is 790 g/mol. The maximum absolute atomic E-state index is 12.3. The number of carbonyl (C=O) groups is 3. The molecule has 0 aromatic carbocycles. The molecule has 4 heterocycles. The minimum atomic E-state index is -2.04. The third-order valence-electron chi connectivity index (χ3n) is 9.41. The molecule has 3 amide bonds. The Morgan fingerprint density at radius 1 is 0.444 bits per heavy atom. The van der Waals surface area contributed by atoms with Gasteiger partial charge in [-0.05, 0) is 0 Å². The van der Waals surface area contributed by atoms with E-state index < -0.39 is 167 Å². The topological polar surface area (TPSA) is 374 Å². The summed E-state index contributed by atoms with van der Waals surface area (Å²) in [5.41, 5.74) is 0. The van der Waals surface area contributed by atoms with Crippen molar-refractivity contribution in [2.24, 2.45) is 0 Å². The zero-order valence-electron chi connectivity index (χ0n) is 29.4. The molecule has 24 nitrogen and oxygen atoms in total. The summed E-state index contributed by atoms with van der Waals surface area (Å²) >= 11 is 0. The largest absolute Gasteiger partial charge is 0.394 e. The zero-order chi connectivity index (χ0) is 40.2. The molecule has 0 saturated carbocycles. The highest BCUT2D eigenvalue weighted by Crippen LogP contribution is 2.34. The van der Waals surface area contributed by atoms with E-state index in [0.29, 0.717) is 0 Å². The fourth-order valence-corrected chi connectivity index (χ4v) is 6.76. The van der Waals surface area contributed by atoms with Crippen molar-refractivity contribution in [2.45, 2.75) is 143 Å². The average Bonchev–Trinajstić information content (AvgIpc) is 3.11. The van der Waals surface area contributed by atoms with Crippen LogP contribution in [0.25, 0.3) is 0 Å². The third kappa shape index (κ3) is 9.79. The van der Waals surface area contributed by atoms with E-state index in [1.165, 1.54) is 0 Å². The standard InChI is InChI=1S/C30H51N3O21/c1-8(38)31-15-21(44)24(13(6-36)48-27(15)47)52-29-17(33-10(3)40)22(45)25(14(7-37)51-29)53-30-23(46)26(19(42)12(5-35)50-30)54-28-16(32-9(2)39)20(43)18(41)11(4-34)49-28/h11-30,34-37,41-47H,4-7H2,1-3H3,(H,31,38)(H,32,39)(H,33,40)/t11-,12-,13-,14-,15-,16-,17-,18-,19-,20-,21-,22-,23+,24-,25-,26+,27-,28+,29+,30+/m1/s1. The Labute approximate surface area is 307 Å². The molecule has 0 unspecified atom stereocenters. The van der Waals surface area contributed by atoms with Gasteiger partial charge in [0.25, 0.3) is 0 Å². The molecule has 4 aliphatic heterocycles. The zero-order valence-corrected chi connectivity index (χ0v) is 29.4. The van der Waals surface area contributed by atoms with E-state index in [9.17, 15) is 70.6 Å². The van der Waals surface area contributed by atoms with Gasteiger partial charge in [0.05, 0.1) is 26.4 Å². The summed E-state index contributed by atoms with van der Waals surface area (Å²) < 4.78 is 39.8. The Balaban J connectivity index is 1.59. The van der Waals surface area contributed by atoms with E-state index in [1.54, 1.807) is 0 Å². The lowest BCUT2D eigenvalue weighted by Gasteiger charge is -2.50. The highest BCUT2D eigenvalue weighted by Gasteiger charge is 2.56. The highest BCUT2D eigenvalue weighted by molar-refractivity contribution is 5.74. The highest BCUT2D eigenvalue weighted by atomic mass is 16.8. The SMILES string of the molecule is CC(=O)N[C@@H]1[C@@H](O)[C@H](O[C@@H]2O[C@H](CO)[C@@H](O[C@@H]3O[C@H](CO)[C@@H](O)[C@H](O[C@@H]4O[C@H](CO)[C@@H](O)[C@H](O)[C@H]4NC(C)=O)[C@@H]3O)[C@H](O)[C@H]2NC(C)=O)[C@@H](CO)O[C@H]1O. The number of nitrogens with one attached hydrogen (secondary N) is 3. The Kier molecular flexibility index (Phi) is 15.8. The van der Waals surface area contributed by atoms with E-state index in [0.717, 1.165) is 20.8 Å². The second-order valence-electron chi connectivity index (χ2n) is 13.3. The summed E-state index contributed by atoms with van der Waals surface area (Å²) in [5, 5.41) is 123. The molecule has 0 bridgehead atoms. The van der Waals surface area contributed by atoms with Crippen LogP contribution in [-0.4, -0.2) is 223 Å². The Morgan fingerprint density at radius 3 is 1.31 bits per heavy atom. The predicted molar refractivity (Wildman–Crippen MR) is 169 cm³/mol. The van der Waals surface area contributed by atoms with Crippen molar-refractivity contribution in [3.63, 3.8) is 0 Å². The maximum atomic E-state index is 12.3. The number of rotatable bonds is 13. The molecule has 20 atom stereocenters. The smallest absolute Gasteiger partial charge is 0.217 e. The summed E-state index contributed by atoms with van der Waals surface area (Å²) in [4.78, 5) is 35.9. The normalized spacial score (nSPS) is 45.7. The molecule has 4 rings (SSSR count). The van der Waals surface area contributed by atoms with Gasteiger partial charge in [-0.1, -0.05) is 0 Å². The van der Waals surface area contributed by atoms with Gasteiger partial charge in [-0.2, -0.15) is 0 Å². The summed E-state index contributed by atoms with van der Waals surface area (Å²) in [6, 6.07) is -4.57. The molecular weight excluding hydrogens is 738 g/mol. The first-order valence-corrected chi connectivity index (χ1v) is 17.1. The number of hydrogen-bond acceptors (Lipinski definition) is 21. The van der Waals surface area contributed by atoms with Crippen LogP contribution in [0.15, 0.2) is 0 Å². The van der Waals surface area contributed by atoms with Crippen LogP contribution < -0.4 is 16.0 Å². The Morgan fingerprint density at radius 2 is 0.815 bits per heavy atom. The first kappa shape index (κ1) is 44.4. The van der Waals surface area contributed by atoms with Gasteiger partial charge in [0.1, 0.15) is 97.5 Å². The van der Waals surface area contributed by atoms with Crippen molar-refractivity contribution in [1.29, 1.82) is 0 Å². The minimum Gasteiger partial charge on any atom is -0.394 e. The van der Waals surface area contributed by atoms with Crippen LogP contribution >= 0.6 is 0 Å². The van der Waals surface area contributed by atoms with Crippen molar-refractivity contribution < 1.29 is 104 Å². The second-order valence-corrected chi connectivity index (χ2v) is 13.3. The summed E-state index contributed by atoms with van der Waals surface area (Å²) in [7, 11) is 0. The van der Waals surface area contributed by atoms with E-state index in [4.69, 9.17) is 33.2 Å². The predicted octanol–water partition coefficient (Wildman–Crippen LogP) is -9.32. The van der Waals surface area contributed by atoms with Crippen molar-refractivity contribution in [2.75, 3.05) is 26.4 Å². The summed E-state index contributed by atoms with van der Waals surface area (Å²) in [6.07, 6.45) is -29.4. The molecule has 0 aliphatic carbocycles. The second kappa shape index (κ2) is 19.2. The van der Waals surface area contributed by atoms with Crippen molar-refractivity contribution in [3.8, 4) is 0 Å². The van der Waals surface area contributed by atoms with Crippen LogP contribution in [0.2, 0.25) is 0 Å². The molecule has 0 aromatic rings. The summed E-state index contributed by atoms with van der Waals surface area (Å²) in [6.45, 7) is -0.220. The lowest BCUT2D eigenvalue weighted by Crippen LogP contribution is -2.70. The monoisotopic (exact) mass is 789 g/mol.